The molecule has 4 heterocycles. The molecule has 3 aliphatic heterocycles. The molecular weight excluding hydrogens is 386 g/mol. The second-order valence-electron chi connectivity index (χ2n) is 7.53. The molecule has 1 unspecified atom stereocenters. The van der Waals surface area contributed by atoms with E-state index in [-0.39, 0.29) is 5.56 Å². The fourth-order valence-corrected chi connectivity index (χ4v) is 4.61. The third-order valence-electron chi connectivity index (χ3n) is 5.91. The van der Waals surface area contributed by atoms with Crippen LogP contribution >= 0.6 is 11.6 Å². The second kappa shape index (κ2) is 5.86. The summed E-state index contributed by atoms with van der Waals surface area (Å²) in [4.78, 5) is 14.4. The molecule has 142 valence electrons. The predicted octanol–water partition coefficient (Wildman–Crippen LogP) is 5.23. The third-order valence-corrected chi connectivity index (χ3v) is 6.22. The molecule has 1 atom stereocenters. The largest absolute Gasteiger partial charge is 0.478 e. The highest BCUT2D eigenvalue weighted by Gasteiger charge is 2.34. The molecule has 4 bridgehead atoms. The molecule has 3 N–H and O–H groups in total. The number of nitrogens with one attached hydrogen (secondary N) is 2. The zero-order valence-electron chi connectivity index (χ0n) is 15.2. The summed E-state index contributed by atoms with van der Waals surface area (Å²) < 4.78 is 0. The second-order valence-corrected chi connectivity index (χ2v) is 7.93. The number of halogens is 1. The number of benzene rings is 3. The number of aromatic nitrogens is 1. The lowest BCUT2D eigenvalue weighted by molar-refractivity contribution is 0.0699. The number of aromatic carboxylic acids is 1. The molecule has 5 nitrogen and oxygen atoms in total. The molecule has 7 rings (SSSR count). The number of fused-ring (bicyclic) bond motifs is 1. The Morgan fingerprint density at radius 3 is 2.48 bits per heavy atom. The molecule has 1 saturated heterocycles. The molecule has 0 saturated carbocycles. The van der Waals surface area contributed by atoms with Gasteiger partial charge < -0.3 is 15.1 Å². The Balaban J connectivity index is 1.42. The van der Waals surface area contributed by atoms with E-state index < -0.39 is 5.97 Å². The zero-order valence-corrected chi connectivity index (χ0v) is 16.0. The lowest BCUT2D eigenvalue weighted by Gasteiger charge is -2.47. The quantitative estimate of drug-likeness (QED) is 0.439. The van der Waals surface area contributed by atoms with Gasteiger partial charge in [0.15, 0.2) is 0 Å². The van der Waals surface area contributed by atoms with Gasteiger partial charge in [0, 0.05) is 22.7 Å². The normalized spacial score (nSPS) is 16.7. The summed E-state index contributed by atoms with van der Waals surface area (Å²) in [6.07, 6.45) is 1.50. The maximum Gasteiger partial charge on any atom is 0.337 e. The average Bonchev–Trinajstić information content (AvgIpc) is 3.10. The molecule has 1 aromatic heterocycles. The number of H-pyrrole nitrogens is 1. The van der Waals surface area contributed by atoms with Crippen molar-refractivity contribution in [3.63, 3.8) is 0 Å². The van der Waals surface area contributed by atoms with E-state index in [9.17, 15) is 9.90 Å². The smallest absolute Gasteiger partial charge is 0.337 e. The molecule has 0 amide bonds. The number of carbonyl (C=O) groups is 1. The number of aromatic amines is 1. The highest BCUT2D eigenvalue weighted by Crippen LogP contribution is 2.41. The minimum absolute atomic E-state index is 0.246. The Bertz CT molecular complexity index is 1300. The fraction of sp³-hybridized carbons (Fsp3) is 0.0870. The first kappa shape index (κ1) is 16.7. The monoisotopic (exact) mass is 401 g/mol. The van der Waals surface area contributed by atoms with Crippen molar-refractivity contribution < 1.29 is 9.90 Å². The van der Waals surface area contributed by atoms with E-state index in [0.29, 0.717) is 22.0 Å². The number of carboxylic acids is 1. The van der Waals surface area contributed by atoms with Crippen LogP contribution in [0.15, 0.2) is 60.8 Å². The Morgan fingerprint density at radius 2 is 1.76 bits per heavy atom. The SMILES string of the molecule is O=C(O)c1c[nH]c2cc(Cl)c(-c3ccc(-c4ccc5cc4C4CN5N4)cc3)cc12. The topological polar surface area (TPSA) is 68.4 Å². The van der Waals surface area contributed by atoms with E-state index in [1.165, 1.54) is 23.0 Å². The van der Waals surface area contributed by atoms with Gasteiger partial charge in [0.1, 0.15) is 0 Å². The lowest BCUT2D eigenvalue weighted by atomic mass is 9.89. The molecule has 6 heteroatoms. The van der Waals surface area contributed by atoms with Gasteiger partial charge in [-0.2, -0.15) is 0 Å². The molecule has 1 fully saturated rings. The van der Waals surface area contributed by atoms with Crippen LogP contribution in [0.5, 0.6) is 0 Å². The van der Waals surface area contributed by atoms with Crippen molar-refractivity contribution in [1.29, 1.82) is 0 Å². The number of nitrogens with zero attached hydrogens (tertiary/aromatic N) is 1. The van der Waals surface area contributed by atoms with Crippen LogP contribution in [0.2, 0.25) is 5.02 Å². The lowest BCUT2D eigenvalue weighted by Crippen LogP contribution is -2.58. The van der Waals surface area contributed by atoms with Crippen LogP contribution in [0.3, 0.4) is 0 Å². The van der Waals surface area contributed by atoms with Crippen molar-refractivity contribution in [2.75, 3.05) is 11.6 Å². The van der Waals surface area contributed by atoms with Crippen LogP contribution in [0.4, 0.5) is 5.69 Å². The first-order valence-electron chi connectivity index (χ1n) is 9.41. The van der Waals surface area contributed by atoms with Gasteiger partial charge in [-0.1, -0.05) is 41.9 Å². The number of hydrogen-bond donors (Lipinski definition) is 3. The zero-order chi connectivity index (χ0) is 19.7. The van der Waals surface area contributed by atoms with Gasteiger partial charge in [-0.3, -0.25) is 0 Å². The van der Waals surface area contributed by atoms with E-state index in [1.54, 1.807) is 6.07 Å². The number of hydrazine groups is 1. The van der Waals surface area contributed by atoms with E-state index >= 15 is 0 Å². The van der Waals surface area contributed by atoms with Gasteiger partial charge in [-0.05, 0) is 46.5 Å². The van der Waals surface area contributed by atoms with Crippen molar-refractivity contribution in [1.82, 2.24) is 10.4 Å². The Kier molecular flexibility index (Phi) is 3.37. The van der Waals surface area contributed by atoms with Crippen LogP contribution < -0.4 is 10.4 Å². The van der Waals surface area contributed by atoms with Gasteiger partial charge in [0.2, 0.25) is 0 Å². The van der Waals surface area contributed by atoms with Crippen molar-refractivity contribution >= 4 is 34.2 Å². The first-order valence-corrected chi connectivity index (χ1v) is 9.79. The molecule has 29 heavy (non-hydrogen) atoms. The highest BCUT2D eigenvalue weighted by molar-refractivity contribution is 6.34. The van der Waals surface area contributed by atoms with Crippen LogP contribution in [-0.4, -0.2) is 22.6 Å². The van der Waals surface area contributed by atoms with Gasteiger partial charge in [0.25, 0.3) is 0 Å². The molecule has 4 aromatic rings. The maximum absolute atomic E-state index is 11.5. The summed E-state index contributed by atoms with van der Waals surface area (Å²) in [6.45, 7) is 1.02. The number of carboxylic acid groups (broad SMARTS) is 1. The number of rotatable bonds is 3. The van der Waals surface area contributed by atoms with E-state index in [0.717, 1.165) is 23.2 Å². The van der Waals surface area contributed by atoms with E-state index in [2.05, 4.69) is 45.8 Å². The average molecular weight is 402 g/mol. The maximum atomic E-state index is 11.5. The van der Waals surface area contributed by atoms with Gasteiger partial charge in [-0.25, -0.2) is 10.2 Å². The standard InChI is InChI=1S/C23H16ClN3O2/c24-20-9-21-18(19(10-25-21)23(28)29)8-16(20)13-3-1-12(2-4-13)15-6-5-14-7-17(15)22-11-27(14)26-22/h1-10,22,25-26H,11H2,(H,28,29). The van der Waals surface area contributed by atoms with Crippen molar-refractivity contribution in [2.45, 2.75) is 6.04 Å². The fourth-order valence-electron chi connectivity index (χ4n) is 4.34. The predicted molar refractivity (Wildman–Crippen MR) is 114 cm³/mol. The Hall–Kier alpha value is -3.28. The van der Waals surface area contributed by atoms with Crippen molar-refractivity contribution in [3.05, 3.63) is 76.9 Å². The molecule has 3 aliphatic rings. The van der Waals surface area contributed by atoms with Gasteiger partial charge in [-0.15, -0.1) is 0 Å². The van der Waals surface area contributed by atoms with Crippen LogP contribution in [0.25, 0.3) is 33.2 Å². The summed E-state index contributed by atoms with van der Waals surface area (Å²) in [6, 6.07) is 18.9. The molecular formula is C23H16ClN3O2. The number of hydrogen-bond acceptors (Lipinski definition) is 3. The van der Waals surface area contributed by atoms with Crippen LogP contribution in [0, 0.1) is 0 Å². The first-order chi connectivity index (χ1) is 14.1. The summed E-state index contributed by atoms with van der Waals surface area (Å²) in [5.41, 5.74) is 11.1. The minimum atomic E-state index is -0.958. The number of anilines is 1. The molecule has 0 spiro atoms. The Morgan fingerprint density at radius 1 is 1.03 bits per heavy atom. The van der Waals surface area contributed by atoms with E-state index in [4.69, 9.17) is 11.6 Å². The van der Waals surface area contributed by atoms with Gasteiger partial charge >= 0.3 is 5.97 Å². The van der Waals surface area contributed by atoms with E-state index in [1.807, 2.05) is 18.2 Å². The molecule has 3 aromatic carbocycles. The van der Waals surface area contributed by atoms with Crippen LogP contribution in [-0.2, 0) is 0 Å². The molecule has 0 aliphatic carbocycles. The minimum Gasteiger partial charge on any atom is -0.478 e. The summed E-state index contributed by atoms with van der Waals surface area (Å²) >= 11 is 6.50. The van der Waals surface area contributed by atoms with Crippen molar-refractivity contribution in [3.8, 4) is 22.3 Å². The van der Waals surface area contributed by atoms with Crippen LogP contribution in [0.1, 0.15) is 22.0 Å². The summed E-state index contributed by atoms with van der Waals surface area (Å²) in [5, 5.41) is 12.8. The third kappa shape index (κ3) is 2.41. The molecule has 0 radical (unpaired) electrons. The highest BCUT2D eigenvalue weighted by atomic mass is 35.5. The Labute approximate surface area is 171 Å². The summed E-state index contributed by atoms with van der Waals surface area (Å²) in [5.74, 6) is -0.958. The summed E-state index contributed by atoms with van der Waals surface area (Å²) in [7, 11) is 0. The van der Waals surface area contributed by atoms with Crippen molar-refractivity contribution in [2.24, 2.45) is 0 Å². The van der Waals surface area contributed by atoms with Gasteiger partial charge in [0.05, 0.1) is 28.9 Å².